The van der Waals surface area contributed by atoms with E-state index in [0.717, 1.165) is 25.8 Å². The van der Waals surface area contributed by atoms with Gasteiger partial charge in [-0.05, 0) is 19.9 Å². The maximum absolute atomic E-state index is 5.14. The Morgan fingerprint density at radius 2 is 2.09 bits per heavy atom. The van der Waals surface area contributed by atoms with Crippen LogP contribution >= 0.6 is 0 Å². The smallest absolute Gasteiger partial charge is 0.0238 e. The minimum atomic E-state index is 0.415. The first-order valence-corrected chi connectivity index (χ1v) is 3.91. The zero-order chi connectivity index (χ0) is 8.53. The molecule has 11 heavy (non-hydrogen) atoms. The van der Waals surface area contributed by atoms with E-state index in [9.17, 15) is 0 Å². The lowest BCUT2D eigenvalue weighted by Crippen LogP contribution is -2.26. The van der Waals surface area contributed by atoms with Crippen molar-refractivity contribution in [3.8, 4) is 24.7 Å². The van der Waals surface area contributed by atoms with Gasteiger partial charge in [-0.25, -0.2) is 0 Å². The van der Waals surface area contributed by atoms with E-state index in [0.29, 0.717) is 6.04 Å². The monoisotopic (exact) mass is 149 g/mol. The summed E-state index contributed by atoms with van der Waals surface area (Å²) in [5, 5.41) is 3.28. The fourth-order valence-electron chi connectivity index (χ4n) is 0.788. The van der Waals surface area contributed by atoms with Crippen LogP contribution in [-0.4, -0.2) is 12.6 Å². The molecule has 0 fully saturated rings. The second-order valence-corrected chi connectivity index (χ2v) is 2.57. The Morgan fingerprint density at radius 1 is 1.36 bits per heavy atom. The molecule has 0 aromatic rings. The number of hydrogen-bond acceptors (Lipinski definition) is 1. The molecule has 1 atom stereocenters. The van der Waals surface area contributed by atoms with Crippen LogP contribution in [-0.2, 0) is 0 Å². The number of hydrogen-bond donors (Lipinski definition) is 1. The van der Waals surface area contributed by atoms with Crippen LogP contribution in [0.5, 0.6) is 0 Å². The van der Waals surface area contributed by atoms with Crippen molar-refractivity contribution in [2.24, 2.45) is 0 Å². The van der Waals surface area contributed by atoms with Gasteiger partial charge in [-0.3, -0.25) is 0 Å². The van der Waals surface area contributed by atoms with E-state index in [1.54, 1.807) is 0 Å². The highest BCUT2D eigenvalue weighted by Gasteiger charge is 1.95. The molecule has 0 saturated heterocycles. The summed E-state index contributed by atoms with van der Waals surface area (Å²) < 4.78 is 0. The van der Waals surface area contributed by atoms with E-state index in [1.165, 1.54) is 0 Å². The zero-order valence-electron chi connectivity index (χ0n) is 7.06. The molecule has 1 nitrogen and oxygen atoms in total. The highest BCUT2D eigenvalue weighted by Crippen LogP contribution is 1.89. The SMILES string of the molecule is C#CCCCNC(C)CC#C. The average molecular weight is 149 g/mol. The molecule has 1 heteroatoms. The van der Waals surface area contributed by atoms with Gasteiger partial charge in [0.2, 0.25) is 0 Å². The summed E-state index contributed by atoms with van der Waals surface area (Å²) in [6.45, 7) is 3.04. The molecule has 0 aromatic carbocycles. The highest BCUT2D eigenvalue weighted by atomic mass is 14.9. The van der Waals surface area contributed by atoms with Gasteiger partial charge in [0.1, 0.15) is 0 Å². The van der Waals surface area contributed by atoms with Crippen LogP contribution in [0, 0.1) is 24.7 Å². The normalized spacial score (nSPS) is 11.5. The predicted molar refractivity (Wildman–Crippen MR) is 49.0 cm³/mol. The van der Waals surface area contributed by atoms with Crippen molar-refractivity contribution in [2.45, 2.75) is 32.2 Å². The molecule has 1 unspecified atom stereocenters. The Kier molecular flexibility index (Phi) is 6.59. The lowest BCUT2D eigenvalue weighted by molar-refractivity contribution is 0.550. The predicted octanol–water partition coefficient (Wildman–Crippen LogP) is 1.40. The summed E-state index contributed by atoms with van der Waals surface area (Å²) in [5.74, 6) is 5.20. The molecule has 0 radical (unpaired) electrons. The van der Waals surface area contributed by atoms with Gasteiger partial charge in [0.05, 0.1) is 0 Å². The van der Waals surface area contributed by atoms with Gasteiger partial charge >= 0.3 is 0 Å². The van der Waals surface area contributed by atoms with Crippen LogP contribution in [0.3, 0.4) is 0 Å². The second-order valence-electron chi connectivity index (χ2n) is 2.57. The van der Waals surface area contributed by atoms with Crippen molar-refractivity contribution in [3.63, 3.8) is 0 Å². The molecule has 0 aliphatic heterocycles. The number of nitrogens with one attached hydrogen (secondary N) is 1. The molecule has 0 saturated carbocycles. The lowest BCUT2D eigenvalue weighted by atomic mass is 10.2. The van der Waals surface area contributed by atoms with Crippen LogP contribution in [0.1, 0.15) is 26.2 Å². The molecule has 0 spiro atoms. The van der Waals surface area contributed by atoms with Gasteiger partial charge in [-0.1, -0.05) is 0 Å². The van der Waals surface area contributed by atoms with E-state index in [-0.39, 0.29) is 0 Å². The maximum Gasteiger partial charge on any atom is 0.0238 e. The van der Waals surface area contributed by atoms with Crippen molar-refractivity contribution in [3.05, 3.63) is 0 Å². The zero-order valence-corrected chi connectivity index (χ0v) is 7.06. The minimum absolute atomic E-state index is 0.415. The molecule has 0 aliphatic rings. The second kappa shape index (κ2) is 7.19. The molecule has 0 aliphatic carbocycles. The Bertz CT molecular complexity index is 159. The molecule has 0 rings (SSSR count). The number of terminal acetylenes is 2. The van der Waals surface area contributed by atoms with Crippen molar-refractivity contribution in [1.29, 1.82) is 0 Å². The van der Waals surface area contributed by atoms with Crippen LogP contribution in [0.2, 0.25) is 0 Å². The fraction of sp³-hybridized carbons (Fsp3) is 0.600. The molecule has 0 heterocycles. The number of unbranched alkanes of at least 4 members (excludes halogenated alkanes) is 1. The third kappa shape index (κ3) is 6.97. The molecular weight excluding hydrogens is 134 g/mol. The van der Waals surface area contributed by atoms with E-state index in [2.05, 4.69) is 24.1 Å². The van der Waals surface area contributed by atoms with Crippen LogP contribution in [0.15, 0.2) is 0 Å². The van der Waals surface area contributed by atoms with Gasteiger partial charge in [0, 0.05) is 18.9 Å². The lowest BCUT2D eigenvalue weighted by Gasteiger charge is -2.08. The molecule has 0 aromatic heterocycles. The van der Waals surface area contributed by atoms with Crippen molar-refractivity contribution >= 4 is 0 Å². The fourth-order valence-corrected chi connectivity index (χ4v) is 0.788. The Balaban J connectivity index is 3.13. The Hall–Kier alpha value is -0.920. The Morgan fingerprint density at radius 3 is 2.64 bits per heavy atom. The van der Waals surface area contributed by atoms with Crippen molar-refractivity contribution in [1.82, 2.24) is 5.32 Å². The van der Waals surface area contributed by atoms with E-state index < -0.39 is 0 Å². The maximum atomic E-state index is 5.14. The third-order valence-electron chi connectivity index (χ3n) is 1.41. The van der Waals surface area contributed by atoms with Gasteiger partial charge in [0.25, 0.3) is 0 Å². The van der Waals surface area contributed by atoms with Gasteiger partial charge in [-0.2, -0.15) is 0 Å². The first-order valence-electron chi connectivity index (χ1n) is 3.91. The quantitative estimate of drug-likeness (QED) is 0.460. The van der Waals surface area contributed by atoms with E-state index in [1.807, 2.05) is 0 Å². The van der Waals surface area contributed by atoms with E-state index >= 15 is 0 Å². The Labute approximate surface area is 69.6 Å². The third-order valence-corrected chi connectivity index (χ3v) is 1.41. The van der Waals surface area contributed by atoms with Crippen molar-refractivity contribution in [2.75, 3.05) is 6.54 Å². The average Bonchev–Trinajstić information content (AvgIpc) is 1.99. The standard InChI is InChI=1S/C10H15N/c1-4-6-7-9-11-10(3)8-5-2/h1-2,10-11H,6-9H2,3H3. The summed E-state index contributed by atoms with van der Waals surface area (Å²) in [6, 6.07) is 0.415. The first kappa shape index (κ1) is 10.1. The summed E-state index contributed by atoms with van der Waals surface area (Å²) in [6.07, 6.45) is 12.9. The van der Waals surface area contributed by atoms with Gasteiger partial charge in [-0.15, -0.1) is 24.7 Å². The largest absolute Gasteiger partial charge is 0.313 e. The van der Waals surface area contributed by atoms with Crippen LogP contribution in [0.25, 0.3) is 0 Å². The summed E-state index contributed by atoms with van der Waals surface area (Å²) in [7, 11) is 0. The molecule has 1 N–H and O–H groups in total. The molecule has 0 amide bonds. The summed E-state index contributed by atoms with van der Waals surface area (Å²) in [4.78, 5) is 0. The van der Waals surface area contributed by atoms with E-state index in [4.69, 9.17) is 12.8 Å². The molecule has 0 bridgehead atoms. The summed E-state index contributed by atoms with van der Waals surface area (Å²) in [5.41, 5.74) is 0. The highest BCUT2D eigenvalue weighted by molar-refractivity contribution is 4.88. The molecule has 60 valence electrons. The minimum Gasteiger partial charge on any atom is -0.313 e. The summed E-state index contributed by atoms with van der Waals surface area (Å²) >= 11 is 0. The van der Waals surface area contributed by atoms with Gasteiger partial charge in [0.15, 0.2) is 0 Å². The van der Waals surface area contributed by atoms with Crippen molar-refractivity contribution < 1.29 is 0 Å². The van der Waals surface area contributed by atoms with Gasteiger partial charge < -0.3 is 5.32 Å². The van der Waals surface area contributed by atoms with Crippen LogP contribution in [0.4, 0.5) is 0 Å². The topological polar surface area (TPSA) is 12.0 Å². The first-order chi connectivity index (χ1) is 5.31. The number of rotatable bonds is 5. The molecular formula is C10H15N. The van der Waals surface area contributed by atoms with Crippen LogP contribution < -0.4 is 5.32 Å².